The van der Waals surface area contributed by atoms with Crippen molar-refractivity contribution in [2.75, 3.05) is 89.8 Å². The SMILES string of the molecule is COc1ccccc1N1CCOCCOCCN(c2ccc(-c3c4cc(CCC(=O)O)c(=O)c(Cl)c-4oc4c(Cl)c(O)c(CCC(=O)O)cc34)cc2OC)CCOCC1. The molecule has 3 aromatic rings. The number of fused-ring (bicyclic) bond motifs is 2. The molecule has 16 heteroatoms. The number of aryl methyl sites for hydroxylation is 2. The van der Waals surface area contributed by atoms with E-state index in [1.54, 1.807) is 26.4 Å². The van der Waals surface area contributed by atoms with E-state index in [0.717, 1.165) is 17.1 Å². The molecular weight excluding hydrogens is 807 g/mol. The van der Waals surface area contributed by atoms with Crippen molar-refractivity contribution in [1.29, 1.82) is 0 Å². The number of phenols is 1. The second kappa shape index (κ2) is 20.1. The molecule has 0 bridgehead atoms. The number of para-hydroxylation sites is 2. The van der Waals surface area contributed by atoms with Crippen LogP contribution in [-0.4, -0.2) is 107 Å². The molecule has 3 aliphatic rings. The van der Waals surface area contributed by atoms with Crippen LogP contribution in [0, 0.1) is 0 Å². The molecule has 0 saturated carbocycles. The van der Waals surface area contributed by atoms with E-state index in [1.807, 2.05) is 42.5 Å². The molecule has 59 heavy (non-hydrogen) atoms. The predicted molar refractivity (Wildman–Crippen MR) is 225 cm³/mol. The van der Waals surface area contributed by atoms with Crippen LogP contribution in [0.2, 0.25) is 10.0 Å². The topological polar surface area (TPSA) is 178 Å². The third kappa shape index (κ3) is 10.1. The Morgan fingerprint density at radius 2 is 1.27 bits per heavy atom. The van der Waals surface area contributed by atoms with Gasteiger partial charge in [-0.05, 0) is 60.4 Å². The van der Waals surface area contributed by atoms with Gasteiger partial charge in [-0.1, -0.05) is 41.4 Å². The Morgan fingerprint density at radius 3 is 1.86 bits per heavy atom. The minimum atomic E-state index is -1.09. The number of carboxylic acid groups (broad SMARTS) is 2. The van der Waals surface area contributed by atoms with Gasteiger partial charge in [0.25, 0.3) is 0 Å². The second-order valence-corrected chi connectivity index (χ2v) is 14.5. The first-order valence-corrected chi connectivity index (χ1v) is 19.9. The molecule has 1 saturated heterocycles. The Kier molecular flexibility index (Phi) is 14.8. The zero-order valence-corrected chi connectivity index (χ0v) is 34.3. The number of carboxylic acids is 2. The highest BCUT2D eigenvalue weighted by Gasteiger charge is 2.28. The van der Waals surface area contributed by atoms with Gasteiger partial charge in [0.2, 0.25) is 5.43 Å². The van der Waals surface area contributed by atoms with Crippen LogP contribution in [0.15, 0.2) is 63.8 Å². The normalized spacial score (nSPS) is 14.8. The van der Waals surface area contributed by atoms with Gasteiger partial charge in [-0.3, -0.25) is 14.4 Å². The van der Waals surface area contributed by atoms with Gasteiger partial charge in [0.05, 0.1) is 65.2 Å². The van der Waals surface area contributed by atoms with Crippen LogP contribution < -0.4 is 24.7 Å². The number of aromatic hydroxyl groups is 1. The van der Waals surface area contributed by atoms with Gasteiger partial charge in [0.15, 0.2) is 11.3 Å². The molecule has 1 aliphatic carbocycles. The van der Waals surface area contributed by atoms with Gasteiger partial charge in [-0.15, -0.1) is 0 Å². The van der Waals surface area contributed by atoms with Crippen molar-refractivity contribution in [3.05, 3.63) is 86.0 Å². The lowest BCUT2D eigenvalue weighted by atomic mass is 9.90. The molecule has 14 nitrogen and oxygen atoms in total. The van der Waals surface area contributed by atoms with Crippen LogP contribution in [0.5, 0.6) is 17.2 Å². The van der Waals surface area contributed by atoms with Crippen molar-refractivity contribution >= 4 is 57.5 Å². The minimum absolute atomic E-state index is 0.0153. The molecule has 0 radical (unpaired) electrons. The second-order valence-electron chi connectivity index (χ2n) is 13.8. The molecular formula is C43H46Cl2N2O12. The highest BCUT2D eigenvalue weighted by molar-refractivity contribution is 6.37. The molecule has 6 rings (SSSR count). The molecule has 314 valence electrons. The molecule has 0 amide bonds. The lowest BCUT2D eigenvalue weighted by molar-refractivity contribution is -0.138. The average molecular weight is 854 g/mol. The van der Waals surface area contributed by atoms with Crippen molar-refractivity contribution in [1.82, 2.24) is 0 Å². The number of aliphatic carboxylic acids is 2. The Balaban J connectivity index is 1.39. The fourth-order valence-electron chi connectivity index (χ4n) is 7.14. The van der Waals surface area contributed by atoms with Gasteiger partial charge in [0, 0.05) is 61.1 Å². The molecule has 0 spiro atoms. The van der Waals surface area contributed by atoms with Gasteiger partial charge < -0.3 is 53.2 Å². The summed E-state index contributed by atoms with van der Waals surface area (Å²) in [6.07, 6.45) is -0.716. The molecule has 2 heterocycles. The van der Waals surface area contributed by atoms with Crippen LogP contribution in [0.3, 0.4) is 0 Å². The summed E-state index contributed by atoms with van der Waals surface area (Å²) in [5.74, 6) is -1.28. The van der Waals surface area contributed by atoms with Crippen molar-refractivity contribution in [3.63, 3.8) is 0 Å². The Morgan fingerprint density at radius 1 is 0.712 bits per heavy atom. The summed E-state index contributed by atoms with van der Waals surface area (Å²) in [6, 6.07) is 16.5. The number of nitrogens with zero attached hydrogens (tertiary/aromatic N) is 2. The fraction of sp³-hybridized carbons (Fsp3) is 0.372. The van der Waals surface area contributed by atoms with Gasteiger partial charge in [0.1, 0.15) is 27.3 Å². The Hall–Kier alpha value is -5.25. The van der Waals surface area contributed by atoms with Crippen LogP contribution in [0.4, 0.5) is 11.4 Å². The van der Waals surface area contributed by atoms with E-state index < -0.39 is 17.4 Å². The fourth-order valence-corrected chi connectivity index (χ4v) is 7.67. The first-order valence-electron chi connectivity index (χ1n) is 19.1. The quantitative estimate of drug-likeness (QED) is 0.116. The standard InChI is InChI=1S/C43H46Cl2N2O12/c1-54-33-6-4-3-5-31(33)46-13-17-56-18-14-47(16-20-58-22-21-57-19-15-46)32-10-7-26(25-34(32)55-2)37-29-23-27(8-11-35(48)49)40(52)38(44)42(29)59-43-30(37)24-28(9-12-36(50)51)41(53)39(43)45/h3-7,10,23-25,52H,8-9,11-22H2,1-2H3,(H,48,49)(H,50,51). The molecule has 1 fully saturated rings. The summed E-state index contributed by atoms with van der Waals surface area (Å²) in [7, 11) is 3.20. The van der Waals surface area contributed by atoms with E-state index in [-0.39, 0.29) is 63.9 Å². The molecule has 0 atom stereocenters. The average Bonchev–Trinajstić information content (AvgIpc) is 3.24. The number of ether oxygens (including phenoxy) is 5. The van der Waals surface area contributed by atoms with Crippen molar-refractivity contribution < 1.29 is 53.0 Å². The number of halogens is 2. The largest absolute Gasteiger partial charge is 0.506 e. The van der Waals surface area contributed by atoms with Crippen LogP contribution in [-0.2, 0) is 36.6 Å². The third-order valence-electron chi connectivity index (χ3n) is 10.1. The number of hydrogen-bond acceptors (Lipinski definition) is 12. The van der Waals surface area contributed by atoms with Crippen molar-refractivity contribution in [2.24, 2.45) is 0 Å². The van der Waals surface area contributed by atoms with E-state index in [0.29, 0.717) is 93.6 Å². The Labute approximate surface area is 350 Å². The number of methoxy groups -OCH3 is 2. The molecule has 3 N–H and O–H groups in total. The summed E-state index contributed by atoms with van der Waals surface area (Å²) in [5, 5.41) is 29.8. The predicted octanol–water partition coefficient (Wildman–Crippen LogP) is 7.01. The lowest BCUT2D eigenvalue weighted by Gasteiger charge is -2.28. The molecule has 0 aromatic heterocycles. The summed E-state index contributed by atoms with van der Waals surface area (Å²) < 4.78 is 35.8. The summed E-state index contributed by atoms with van der Waals surface area (Å²) >= 11 is 13.4. The van der Waals surface area contributed by atoms with Crippen molar-refractivity contribution in [2.45, 2.75) is 25.7 Å². The maximum atomic E-state index is 13.4. The zero-order chi connectivity index (χ0) is 42.1. The van der Waals surface area contributed by atoms with Crippen LogP contribution in [0.1, 0.15) is 24.0 Å². The maximum absolute atomic E-state index is 13.4. The molecule has 0 unspecified atom stereocenters. The Bertz CT molecular complexity index is 2320. The maximum Gasteiger partial charge on any atom is 0.303 e. The van der Waals surface area contributed by atoms with E-state index in [9.17, 15) is 29.7 Å². The number of hydrogen-bond donors (Lipinski definition) is 3. The highest BCUT2D eigenvalue weighted by atomic mass is 35.5. The van der Waals surface area contributed by atoms with Crippen LogP contribution in [0.25, 0.3) is 33.4 Å². The van der Waals surface area contributed by atoms with E-state index in [2.05, 4.69) is 9.80 Å². The third-order valence-corrected chi connectivity index (χ3v) is 10.8. The van der Waals surface area contributed by atoms with E-state index >= 15 is 0 Å². The minimum Gasteiger partial charge on any atom is -0.506 e. The number of rotatable bonds is 11. The number of anilines is 2. The monoisotopic (exact) mass is 852 g/mol. The van der Waals surface area contributed by atoms with Crippen LogP contribution >= 0.6 is 23.2 Å². The summed E-state index contributed by atoms with van der Waals surface area (Å²) in [4.78, 5) is 40.7. The lowest BCUT2D eigenvalue weighted by Crippen LogP contribution is -2.33. The number of benzene rings is 4. The number of carbonyl (C=O) groups is 2. The van der Waals surface area contributed by atoms with Gasteiger partial charge in [-0.2, -0.15) is 0 Å². The first-order chi connectivity index (χ1) is 28.5. The first kappa shape index (κ1) is 43.3. The summed E-state index contributed by atoms with van der Waals surface area (Å²) in [5.41, 5.74) is 3.00. The van der Waals surface area contributed by atoms with E-state index in [4.69, 9.17) is 51.3 Å². The number of phenolic OH excluding ortho intramolecular Hbond substituents is 1. The van der Waals surface area contributed by atoms with Crippen molar-refractivity contribution in [3.8, 4) is 39.7 Å². The van der Waals surface area contributed by atoms with Gasteiger partial charge >= 0.3 is 11.9 Å². The highest BCUT2D eigenvalue weighted by Crippen LogP contribution is 2.48. The molecule has 3 aromatic carbocycles. The van der Waals surface area contributed by atoms with E-state index in [1.165, 1.54) is 0 Å². The van der Waals surface area contributed by atoms with Gasteiger partial charge in [-0.25, -0.2) is 0 Å². The summed E-state index contributed by atoms with van der Waals surface area (Å²) in [6.45, 7) is 4.83. The smallest absolute Gasteiger partial charge is 0.303 e. The molecule has 2 aliphatic heterocycles. The zero-order valence-electron chi connectivity index (χ0n) is 32.8.